The average Bonchev–Trinajstić information content (AvgIpc) is 2.42. The van der Waals surface area contributed by atoms with Crippen molar-refractivity contribution in [3.05, 3.63) is 59.4 Å². The average molecular weight is 255 g/mol. The van der Waals surface area contributed by atoms with Gasteiger partial charge in [0.05, 0.1) is 11.6 Å². The van der Waals surface area contributed by atoms with Gasteiger partial charge in [0.15, 0.2) is 0 Å². The molecule has 0 saturated heterocycles. The highest BCUT2D eigenvalue weighted by molar-refractivity contribution is 5.99. The van der Waals surface area contributed by atoms with E-state index in [0.717, 1.165) is 11.1 Å². The lowest BCUT2D eigenvalue weighted by Crippen LogP contribution is -2.27. The zero-order valence-electron chi connectivity index (χ0n) is 11.1. The number of amides is 1. The lowest BCUT2D eigenvalue weighted by Gasteiger charge is -2.15. The fourth-order valence-electron chi connectivity index (χ4n) is 1.88. The lowest BCUT2D eigenvalue weighted by atomic mass is 10.1. The molecule has 3 N–H and O–H groups in total. The van der Waals surface area contributed by atoms with Crippen LogP contribution in [-0.2, 0) is 0 Å². The molecule has 0 spiro atoms. The van der Waals surface area contributed by atoms with E-state index in [2.05, 4.69) is 10.3 Å². The second-order valence-corrected chi connectivity index (χ2v) is 4.57. The summed E-state index contributed by atoms with van der Waals surface area (Å²) in [7, 11) is 0. The van der Waals surface area contributed by atoms with Crippen molar-refractivity contribution < 1.29 is 4.79 Å². The molecule has 0 radical (unpaired) electrons. The van der Waals surface area contributed by atoms with E-state index in [4.69, 9.17) is 5.73 Å². The minimum Gasteiger partial charge on any atom is -0.398 e. The first-order valence-corrected chi connectivity index (χ1v) is 6.15. The molecule has 0 bridgehead atoms. The number of rotatable bonds is 3. The quantitative estimate of drug-likeness (QED) is 0.828. The van der Waals surface area contributed by atoms with Crippen LogP contribution in [-0.4, -0.2) is 10.9 Å². The molecule has 1 atom stereocenters. The number of carbonyl (C=O) groups is 1. The van der Waals surface area contributed by atoms with Gasteiger partial charge in [0, 0.05) is 18.1 Å². The zero-order chi connectivity index (χ0) is 13.8. The molecule has 0 unspecified atom stereocenters. The van der Waals surface area contributed by atoms with E-state index in [-0.39, 0.29) is 11.9 Å². The maximum atomic E-state index is 12.2. The molecule has 4 heteroatoms. The van der Waals surface area contributed by atoms with E-state index in [1.807, 2.05) is 32.0 Å². The minimum atomic E-state index is -0.162. The number of hydrogen-bond acceptors (Lipinski definition) is 3. The summed E-state index contributed by atoms with van der Waals surface area (Å²) >= 11 is 0. The maximum Gasteiger partial charge on any atom is 0.253 e. The molecule has 1 aromatic heterocycles. The van der Waals surface area contributed by atoms with Crippen molar-refractivity contribution >= 4 is 11.6 Å². The second kappa shape index (κ2) is 5.52. The Balaban J connectivity index is 2.15. The van der Waals surface area contributed by atoms with Crippen molar-refractivity contribution in [3.8, 4) is 0 Å². The number of anilines is 1. The van der Waals surface area contributed by atoms with Crippen molar-refractivity contribution in [2.45, 2.75) is 19.9 Å². The van der Waals surface area contributed by atoms with Crippen molar-refractivity contribution in [1.29, 1.82) is 0 Å². The molecule has 1 aromatic carbocycles. The first-order chi connectivity index (χ1) is 9.08. The Hall–Kier alpha value is -2.36. The third-order valence-electron chi connectivity index (χ3n) is 3.01. The van der Waals surface area contributed by atoms with Gasteiger partial charge in [-0.1, -0.05) is 11.6 Å². The van der Waals surface area contributed by atoms with E-state index in [1.54, 1.807) is 24.5 Å². The Morgan fingerprint density at radius 2 is 1.95 bits per heavy atom. The van der Waals surface area contributed by atoms with Gasteiger partial charge in [-0.2, -0.15) is 0 Å². The molecular formula is C15H17N3O. The first kappa shape index (κ1) is 13.1. The molecule has 19 heavy (non-hydrogen) atoms. The molecule has 0 fully saturated rings. The van der Waals surface area contributed by atoms with E-state index in [0.29, 0.717) is 11.3 Å². The molecule has 1 heterocycles. The van der Waals surface area contributed by atoms with Crippen LogP contribution in [0, 0.1) is 6.92 Å². The highest BCUT2D eigenvalue weighted by Crippen LogP contribution is 2.16. The summed E-state index contributed by atoms with van der Waals surface area (Å²) in [5, 5.41) is 2.93. The number of aryl methyl sites for hydroxylation is 1. The molecule has 2 rings (SSSR count). The monoisotopic (exact) mass is 255 g/mol. The van der Waals surface area contributed by atoms with Crippen molar-refractivity contribution in [2.24, 2.45) is 0 Å². The molecule has 0 saturated carbocycles. The maximum absolute atomic E-state index is 12.2. The Kier molecular flexibility index (Phi) is 3.80. The molecule has 2 aromatic rings. The topological polar surface area (TPSA) is 68.0 Å². The molecule has 98 valence electrons. The van der Waals surface area contributed by atoms with Gasteiger partial charge in [-0.15, -0.1) is 0 Å². The number of nitrogen functional groups attached to an aromatic ring is 1. The third kappa shape index (κ3) is 3.10. The number of pyridine rings is 1. The number of nitrogens with one attached hydrogen (secondary N) is 1. The Morgan fingerprint density at radius 1 is 1.26 bits per heavy atom. The van der Waals surface area contributed by atoms with Gasteiger partial charge in [0.2, 0.25) is 0 Å². The number of nitrogens with two attached hydrogens (primary N) is 1. The summed E-state index contributed by atoms with van der Waals surface area (Å²) in [6, 6.07) is 9.11. The predicted octanol–water partition coefficient (Wildman–Crippen LogP) is 2.46. The van der Waals surface area contributed by atoms with Crippen molar-refractivity contribution in [2.75, 3.05) is 5.73 Å². The van der Waals surface area contributed by atoms with Gasteiger partial charge in [0.25, 0.3) is 5.91 Å². The van der Waals surface area contributed by atoms with Gasteiger partial charge in [-0.3, -0.25) is 9.78 Å². The van der Waals surface area contributed by atoms with Crippen LogP contribution in [0.3, 0.4) is 0 Å². The van der Waals surface area contributed by atoms with Gasteiger partial charge < -0.3 is 11.1 Å². The fourth-order valence-corrected chi connectivity index (χ4v) is 1.88. The Morgan fingerprint density at radius 3 is 2.63 bits per heavy atom. The van der Waals surface area contributed by atoms with Crippen LogP contribution in [0.1, 0.15) is 34.5 Å². The lowest BCUT2D eigenvalue weighted by molar-refractivity contribution is 0.0940. The van der Waals surface area contributed by atoms with Crippen LogP contribution in [0.2, 0.25) is 0 Å². The van der Waals surface area contributed by atoms with E-state index in [9.17, 15) is 4.79 Å². The standard InChI is InChI=1S/C15H17N3O/c1-10-3-4-14(16)13(9-10)15(19)18-11(2)12-5-7-17-8-6-12/h3-9,11H,16H2,1-2H3,(H,18,19)/t11-/m0/s1. The highest BCUT2D eigenvalue weighted by atomic mass is 16.1. The number of hydrogen-bond donors (Lipinski definition) is 2. The third-order valence-corrected chi connectivity index (χ3v) is 3.01. The van der Waals surface area contributed by atoms with Gasteiger partial charge in [-0.25, -0.2) is 0 Å². The van der Waals surface area contributed by atoms with Gasteiger partial charge >= 0.3 is 0 Å². The Bertz CT molecular complexity index is 581. The highest BCUT2D eigenvalue weighted by Gasteiger charge is 2.13. The fraction of sp³-hybridized carbons (Fsp3) is 0.200. The van der Waals surface area contributed by atoms with E-state index in [1.165, 1.54) is 0 Å². The predicted molar refractivity (Wildman–Crippen MR) is 75.7 cm³/mol. The van der Waals surface area contributed by atoms with Crippen LogP contribution in [0.25, 0.3) is 0 Å². The van der Waals surface area contributed by atoms with Crippen LogP contribution in [0.15, 0.2) is 42.7 Å². The molecule has 1 amide bonds. The largest absolute Gasteiger partial charge is 0.398 e. The summed E-state index contributed by atoms with van der Waals surface area (Å²) in [5.74, 6) is -0.162. The number of carbonyl (C=O) groups excluding carboxylic acids is 1. The number of benzene rings is 1. The molecule has 4 nitrogen and oxygen atoms in total. The van der Waals surface area contributed by atoms with Gasteiger partial charge in [0.1, 0.15) is 0 Å². The minimum absolute atomic E-state index is 0.0876. The molecule has 0 aliphatic carbocycles. The van der Waals surface area contributed by atoms with Crippen LogP contribution < -0.4 is 11.1 Å². The normalized spacial score (nSPS) is 11.9. The summed E-state index contributed by atoms with van der Waals surface area (Å²) in [4.78, 5) is 16.2. The van der Waals surface area contributed by atoms with E-state index < -0.39 is 0 Å². The molecule has 0 aliphatic rings. The van der Waals surface area contributed by atoms with Crippen LogP contribution in [0.5, 0.6) is 0 Å². The van der Waals surface area contributed by atoms with Crippen molar-refractivity contribution in [1.82, 2.24) is 10.3 Å². The zero-order valence-corrected chi connectivity index (χ0v) is 11.1. The Labute approximate surface area is 112 Å². The smallest absolute Gasteiger partial charge is 0.253 e. The second-order valence-electron chi connectivity index (χ2n) is 4.57. The first-order valence-electron chi connectivity index (χ1n) is 6.15. The van der Waals surface area contributed by atoms with E-state index >= 15 is 0 Å². The summed E-state index contributed by atoms with van der Waals surface area (Å²) in [6.07, 6.45) is 3.41. The summed E-state index contributed by atoms with van der Waals surface area (Å²) in [6.45, 7) is 3.86. The number of nitrogens with zero attached hydrogens (tertiary/aromatic N) is 1. The molecular weight excluding hydrogens is 238 g/mol. The van der Waals surface area contributed by atoms with Crippen LogP contribution in [0.4, 0.5) is 5.69 Å². The number of aromatic nitrogens is 1. The molecule has 0 aliphatic heterocycles. The summed E-state index contributed by atoms with van der Waals surface area (Å²) in [5.41, 5.74) is 8.86. The summed E-state index contributed by atoms with van der Waals surface area (Å²) < 4.78 is 0. The van der Waals surface area contributed by atoms with Crippen LogP contribution >= 0.6 is 0 Å². The SMILES string of the molecule is Cc1ccc(N)c(C(=O)N[C@@H](C)c2ccncc2)c1. The van der Waals surface area contributed by atoms with Crippen molar-refractivity contribution in [3.63, 3.8) is 0 Å². The van der Waals surface area contributed by atoms with Gasteiger partial charge in [-0.05, 0) is 43.7 Å².